The van der Waals surface area contributed by atoms with Crippen molar-refractivity contribution < 1.29 is 4.74 Å². The van der Waals surface area contributed by atoms with Crippen LogP contribution in [0.25, 0.3) is 0 Å². The Labute approximate surface area is 80.6 Å². The van der Waals surface area contributed by atoms with Crippen LogP contribution in [0.15, 0.2) is 0 Å². The Morgan fingerprint density at radius 3 is 2.92 bits per heavy atom. The van der Waals surface area contributed by atoms with Gasteiger partial charge in [0.05, 0.1) is 18.5 Å². The summed E-state index contributed by atoms with van der Waals surface area (Å²) in [5, 5.41) is 7.82. The van der Waals surface area contributed by atoms with E-state index in [4.69, 9.17) is 10.1 Å². The number of nitrogens with one attached hydrogen (secondary N) is 1. The first-order chi connectivity index (χ1) is 6.27. The number of amidine groups is 1. The van der Waals surface area contributed by atoms with Crippen molar-refractivity contribution in [1.29, 1.82) is 5.41 Å². The topological polar surface area (TPSA) is 36.3 Å². The summed E-state index contributed by atoms with van der Waals surface area (Å²) in [7, 11) is 0. The van der Waals surface area contributed by atoms with Crippen molar-refractivity contribution in [1.82, 2.24) is 4.90 Å². The molecule has 0 aromatic heterocycles. The van der Waals surface area contributed by atoms with Crippen LogP contribution in [0.5, 0.6) is 0 Å². The molecule has 0 spiro atoms. The summed E-state index contributed by atoms with van der Waals surface area (Å²) in [6.07, 6.45) is 3.35. The minimum Gasteiger partial charge on any atom is -0.375 e. The van der Waals surface area contributed by atoms with Gasteiger partial charge in [-0.1, -0.05) is 13.8 Å². The van der Waals surface area contributed by atoms with Gasteiger partial charge in [0.2, 0.25) is 0 Å². The van der Waals surface area contributed by atoms with E-state index >= 15 is 0 Å². The summed E-state index contributed by atoms with van der Waals surface area (Å²) < 4.78 is 5.55. The Hall–Kier alpha value is -0.570. The van der Waals surface area contributed by atoms with E-state index in [1.165, 1.54) is 0 Å². The summed E-state index contributed by atoms with van der Waals surface area (Å²) in [6.45, 7) is 6.85. The van der Waals surface area contributed by atoms with E-state index in [1.54, 1.807) is 0 Å². The summed E-state index contributed by atoms with van der Waals surface area (Å²) >= 11 is 0. The molecule has 1 aliphatic heterocycles. The molecule has 1 heterocycles. The average Bonchev–Trinajstić information content (AvgIpc) is 2.18. The highest BCUT2D eigenvalue weighted by Gasteiger charge is 2.19. The lowest BCUT2D eigenvalue weighted by molar-refractivity contribution is -0.00786. The summed E-state index contributed by atoms with van der Waals surface area (Å²) in [6, 6.07) is 0. The van der Waals surface area contributed by atoms with Crippen LogP contribution in [0.1, 0.15) is 33.1 Å². The third-order valence-electron chi connectivity index (χ3n) is 2.46. The molecule has 0 amide bonds. The fraction of sp³-hybridized carbons (Fsp3) is 0.900. The van der Waals surface area contributed by atoms with Crippen LogP contribution in [0.2, 0.25) is 0 Å². The quantitative estimate of drug-likeness (QED) is 0.537. The van der Waals surface area contributed by atoms with E-state index in [9.17, 15) is 0 Å². The summed E-state index contributed by atoms with van der Waals surface area (Å²) in [4.78, 5) is 2.15. The smallest absolute Gasteiger partial charge is 0.0959 e. The van der Waals surface area contributed by atoms with Gasteiger partial charge in [-0.25, -0.2) is 0 Å². The van der Waals surface area contributed by atoms with E-state index in [2.05, 4.69) is 18.7 Å². The van der Waals surface area contributed by atoms with Gasteiger partial charge in [-0.05, 0) is 12.8 Å². The highest BCUT2D eigenvalue weighted by Crippen LogP contribution is 2.09. The van der Waals surface area contributed by atoms with Crippen molar-refractivity contribution in [2.75, 3.05) is 19.7 Å². The maximum absolute atomic E-state index is 7.82. The second-order valence-corrected chi connectivity index (χ2v) is 3.54. The van der Waals surface area contributed by atoms with Gasteiger partial charge < -0.3 is 9.64 Å². The lowest BCUT2D eigenvalue weighted by Crippen LogP contribution is -2.45. The molecule has 1 fully saturated rings. The number of rotatable bonds is 3. The minimum atomic E-state index is 0.339. The minimum absolute atomic E-state index is 0.339. The zero-order chi connectivity index (χ0) is 9.68. The third-order valence-corrected chi connectivity index (χ3v) is 2.46. The fourth-order valence-corrected chi connectivity index (χ4v) is 1.61. The Morgan fingerprint density at radius 2 is 2.31 bits per heavy atom. The Kier molecular flexibility index (Phi) is 4.22. The molecule has 0 aliphatic carbocycles. The standard InChI is InChI=1S/C10H20N2O/c1-3-5-10(11)12-6-7-13-9(4-2)8-12/h9,11H,3-8H2,1-2H3. The van der Waals surface area contributed by atoms with E-state index in [-0.39, 0.29) is 0 Å². The number of nitrogens with zero attached hydrogens (tertiary/aromatic N) is 1. The van der Waals surface area contributed by atoms with Crippen molar-refractivity contribution in [2.24, 2.45) is 0 Å². The van der Waals surface area contributed by atoms with E-state index in [0.29, 0.717) is 6.10 Å². The second-order valence-electron chi connectivity index (χ2n) is 3.54. The molecular weight excluding hydrogens is 164 g/mol. The predicted molar refractivity (Wildman–Crippen MR) is 54.2 cm³/mol. The zero-order valence-corrected chi connectivity index (χ0v) is 8.68. The van der Waals surface area contributed by atoms with Crippen molar-refractivity contribution in [3.8, 4) is 0 Å². The molecule has 0 aromatic rings. The molecule has 0 saturated carbocycles. The number of ether oxygens (including phenoxy) is 1. The van der Waals surface area contributed by atoms with Crippen molar-refractivity contribution >= 4 is 5.84 Å². The highest BCUT2D eigenvalue weighted by atomic mass is 16.5. The van der Waals surface area contributed by atoms with Gasteiger partial charge in [-0.2, -0.15) is 0 Å². The van der Waals surface area contributed by atoms with Crippen molar-refractivity contribution in [3.05, 3.63) is 0 Å². The lowest BCUT2D eigenvalue weighted by Gasteiger charge is -2.34. The maximum Gasteiger partial charge on any atom is 0.0959 e. The fourth-order valence-electron chi connectivity index (χ4n) is 1.61. The molecule has 3 nitrogen and oxygen atoms in total. The van der Waals surface area contributed by atoms with Crippen LogP contribution in [0.4, 0.5) is 0 Å². The molecule has 0 radical (unpaired) electrons. The zero-order valence-electron chi connectivity index (χ0n) is 8.68. The molecule has 1 aliphatic rings. The monoisotopic (exact) mass is 184 g/mol. The second kappa shape index (κ2) is 5.22. The normalized spacial score (nSPS) is 23.2. The van der Waals surface area contributed by atoms with Gasteiger partial charge in [-0.3, -0.25) is 5.41 Å². The van der Waals surface area contributed by atoms with E-state index < -0.39 is 0 Å². The molecule has 1 atom stereocenters. The van der Waals surface area contributed by atoms with Crippen LogP contribution in [0.3, 0.4) is 0 Å². The Balaban J connectivity index is 2.37. The molecule has 0 bridgehead atoms. The van der Waals surface area contributed by atoms with Crippen LogP contribution in [0, 0.1) is 5.41 Å². The van der Waals surface area contributed by atoms with Gasteiger partial charge >= 0.3 is 0 Å². The van der Waals surface area contributed by atoms with Gasteiger partial charge in [0, 0.05) is 19.5 Å². The van der Waals surface area contributed by atoms with Gasteiger partial charge in [0.15, 0.2) is 0 Å². The first-order valence-corrected chi connectivity index (χ1v) is 5.21. The van der Waals surface area contributed by atoms with Crippen LogP contribution in [-0.4, -0.2) is 36.5 Å². The summed E-state index contributed by atoms with van der Waals surface area (Å²) in [5.74, 6) is 0.782. The van der Waals surface area contributed by atoms with Gasteiger partial charge in [0.1, 0.15) is 0 Å². The molecular formula is C10H20N2O. The number of hydrogen-bond acceptors (Lipinski definition) is 2. The van der Waals surface area contributed by atoms with Crippen LogP contribution >= 0.6 is 0 Å². The molecule has 1 saturated heterocycles. The van der Waals surface area contributed by atoms with E-state index in [0.717, 1.165) is 44.8 Å². The third kappa shape index (κ3) is 2.99. The Morgan fingerprint density at radius 1 is 1.54 bits per heavy atom. The van der Waals surface area contributed by atoms with Crippen molar-refractivity contribution in [3.63, 3.8) is 0 Å². The lowest BCUT2D eigenvalue weighted by atomic mass is 10.2. The highest BCUT2D eigenvalue weighted by molar-refractivity contribution is 5.79. The molecule has 1 unspecified atom stereocenters. The molecule has 1 rings (SSSR count). The molecule has 1 N–H and O–H groups in total. The molecule has 76 valence electrons. The Bertz CT molecular complexity index is 170. The van der Waals surface area contributed by atoms with Crippen molar-refractivity contribution in [2.45, 2.75) is 39.2 Å². The average molecular weight is 184 g/mol. The summed E-state index contributed by atoms with van der Waals surface area (Å²) in [5.41, 5.74) is 0. The maximum atomic E-state index is 7.82. The number of hydrogen-bond donors (Lipinski definition) is 1. The molecule has 13 heavy (non-hydrogen) atoms. The number of morpholine rings is 1. The van der Waals surface area contributed by atoms with E-state index in [1.807, 2.05) is 0 Å². The van der Waals surface area contributed by atoms with Crippen LogP contribution in [-0.2, 0) is 4.74 Å². The molecule has 3 heteroatoms. The largest absolute Gasteiger partial charge is 0.375 e. The van der Waals surface area contributed by atoms with Crippen LogP contribution < -0.4 is 0 Å². The first-order valence-electron chi connectivity index (χ1n) is 5.21. The predicted octanol–water partition coefficient (Wildman–Crippen LogP) is 1.87. The molecule has 0 aromatic carbocycles. The first kappa shape index (κ1) is 10.5. The van der Waals surface area contributed by atoms with Gasteiger partial charge in [0.25, 0.3) is 0 Å². The SMILES string of the molecule is CCCC(=N)N1CCOC(CC)C1. The van der Waals surface area contributed by atoms with Gasteiger partial charge in [-0.15, -0.1) is 0 Å².